The molecule has 0 aromatic heterocycles. The highest BCUT2D eigenvalue weighted by Crippen LogP contribution is 2.21. The Bertz CT molecular complexity index is 273. The fourth-order valence-corrected chi connectivity index (χ4v) is 1.20. The van der Waals surface area contributed by atoms with Gasteiger partial charge in [-0.25, -0.2) is 0 Å². The summed E-state index contributed by atoms with van der Waals surface area (Å²) in [5.74, 6) is 0. The van der Waals surface area contributed by atoms with Crippen LogP contribution in [0.2, 0.25) is 0 Å². The van der Waals surface area contributed by atoms with Crippen LogP contribution in [0.15, 0.2) is 24.3 Å². The van der Waals surface area contributed by atoms with Crippen molar-refractivity contribution in [2.24, 2.45) is 0 Å². The molecule has 0 aliphatic carbocycles. The van der Waals surface area contributed by atoms with Gasteiger partial charge in [0.05, 0.1) is 0 Å². The lowest BCUT2D eigenvalue weighted by Crippen LogP contribution is -2.34. The lowest BCUT2D eigenvalue weighted by atomic mass is 9.78. The summed E-state index contributed by atoms with van der Waals surface area (Å²) in [5.41, 5.74) is 0.288. The van der Waals surface area contributed by atoms with Gasteiger partial charge in [0.25, 0.3) is 0 Å². The molecule has 0 radical (unpaired) electrons. The molecule has 1 rings (SSSR count). The molecule has 1 aromatic rings. The van der Waals surface area contributed by atoms with E-state index in [0.29, 0.717) is 0 Å². The molecule has 0 amide bonds. The zero-order valence-electron chi connectivity index (χ0n) is 8.52. The van der Waals surface area contributed by atoms with Gasteiger partial charge < -0.3 is 12.9 Å². The number of halogens is 3. The van der Waals surface area contributed by atoms with E-state index in [-0.39, 0.29) is 5.41 Å². The first-order valence-electron chi connectivity index (χ1n) is 4.51. The second kappa shape index (κ2) is 3.33. The topological polar surface area (TPSA) is 0 Å². The van der Waals surface area contributed by atoms with E-state index in [1.165, 1.54) is 0 Å². The maximum Gasteiger partial charge on any atom is 0.509 e. The Morgan fingerprint density at radius 2 is 1.36 bits per heavy atom. The predicted octanol–water partition coefficient (Wildman–Crippen LogP) is 3.04. The molecule has 0 unspecified atom stereocenters. The third kappa shape index (κ3) is 2.53. The Hall–Kier alpha value is -0.925. The number of rotatable bonds is 1. The first kappa shape index (κ1) is 11.2. The van der Waals surface area contributed by atoms with E-state index in [4.69, 9.17) is 0 Å². The first-order valence-corrected chi connectivity index (χ1v) is 4.51. The largest absolute Gasteiger partial charge is 0.509 e. The molecule has 0 heterocycles. The van der Waals surface area contributed by atoms with Gasteiger partial charge in [0.15, 0.2) is 0 Å². The summed E-state index contributed by atoms with van der Waals surface area (Å²) in [6.07, 6.45) is 0. The molecule has 0 aliphatic heterocycles. The van der Waals surface area contributed by atoms with Crippen LogP contribution in [0.25, 0.3) is 0 Å². The molecule has 0 atom stereocenters. The quantitative estimate of drug-likeness (QED) is 0.612. The summed E-state index contributed by atoms with van der Waals surface area (Å²) in [6.45, 7) is 1.06. The fraction of sp³-hybridized carbons (Fsp3) is 0.400. The van der Waals surface area contributed by atoms with Crippen LogP contribution in [-0.4, -0.2) is 6.98 Å². The second-order valence-electron chi connectivity index (χ2n) is 4.45. The minimum atomic E-state index is -4.86. The zero-order chi connectivity index (χ0) is 11.0. The van der Waals surface area contributed by atoms with Crippen molar-refractivity contribution in [1.82, 2.24) is 0 Å². The molecule has 0 nitrogen and oxygen atoms in total. The van der Waals surface area contributed by atoms with Gasteiger partial charge in [-0.3, -0.25) is 0 Å². The van der Waals surface area contributed by atoms with Crippen molar-refractivity contribution >= 4 is 12.4 Å². The van der Waals surface area contributed by atoms with Crippen molar-refractivity contribution in [1.29, 1.82) is 0 Å². The molecule has 1 aromatic carbocycles. The van der Waals surface area contributed by atoms with Gasteiger partial charge in [0, 0.05) is 0 Å². The van der Waals surface area contributed by atoms with E-state index in [1.54, 1.807) is 12.1 Å². The van der Waals surface area contributed by atoms with Crippen LogP contribution in [0.3, 0.4) is 0 Å². The van der Waals surface area contributed by atoms with Crippen molar-refractivity contribution < 1.29 is 12.9 Å². The molecular weight excluding hydrogens is 188 g/mol. The smallest absolute Gasteiger partial charge is 0.445 e. The zero-order valence-corrected chi connectivity index (χ0v) is 8.52. The third-order valence-electron chi connectivity index (χ3n) is 2.15. The second-order valence-corrected chi connectivity index (χ2v) is 4.45. The highest BCUT2D eigenvalue weighted by atomic mass is 19.4. The van der Waals surface area contributed by atoms with Crippen LogP contribution in [0.5, 0.6) is 0 Å². The van der Waals surface area contributed by atoms with Crippen LogP contribution in [0.1, 0.15) is 26.3 Å². The number of hydrogen-bond acceptors (Lipinski definition) is 0. The molecular formula is C10H13BF3-. The number of benzene rings is 1. The van der Waals surface area contributed by atoms with E-state index in [1.807, 2.05) is 20.8 Å². The van der Waals surface area contributed by atoms with Gasteiger partial charge in [0.2, 0.25) is 0 Å². The van der Waals surface area contributed by atoms with E-state index in [9.17, 15) is 12.9 Å². The van der Waals surface area contributed by atoms with Gasteiger partial charge in [-0.15, -0.1) is 5.46 Å². The van der Waals surface area contributed by atoms with Crippen LogP contribution >= 0.6 is 0 Å². The average Bonchev–Trinajstić information content (AvgIpc) is 2.01. The molecule has 0 aliphatic rings. The Balaban J connectivity index is 3.02. The summed E-state index contributed by atoms with van der Waals surface area (Å²) in [5, 5.41) is 0. The lowest BCUT2D eigenvalue weighted by molar-refractivity contribution is 0.500. The summed E-state index contributed by atoms with van der Waals surface area (Å²) < 4.78 is 36.8. The summed E-state index contributed by atoms with van der Waals surface area (Å²) in [4.78, 5) is 0. The summed E-state index contributed by atoms with van der Waals surface area (Å²) in [6, 6.07) is 5.40. The Labute approximate surface area is 82.2 Å². The maximum absolute atomic E-state index is 12.3. The highest BCUT2D eigenvalue weighted by molar-refractivity contribution is 6.73. The average molecular weight is 201 g/mol. The van der Waals surface area contributed by atoms with Crippen molar-refractivity contribution in [2.75, 3.05) is 0 Å². The molecule has 0 bridgehead atoms. The van der Waals surface area contributed by atoms with Crippen LogP contribution < -0.4 is 5.46 Å². The van der Waals surface area contributed by atoms with Crippen molar-refractivity contribution in [3.8, 4) is 0 Å². The maximum atomic E-state index is 12.3. The summed E-state index contributed by atoms with van der Waals surface area (Å²) in [7, 11) is 0. The van der Waals surface area contributed by atoms with Gasteiger partial charge in [-0.1, -0.05) is 45.0 Å². The monoisotopic (exact) mass is 201 g/mol. The highest BCUT2D eigenvalue weighted by Gasteiger charge is 2.25. The molecule has 4 heteroatoms. The minimum Gasteiger partial charge on any atom is -0.445 e. The summed E-state index contributed by atoms with van der Waals surface area (Å²) >= 11 is 0. The molecule has 0 N–H and O–H groups in total. The molecule has 0 spiro atoms. The third-order valence-corrected chi connectivity index (χ3v) is 2.15. The van der Waals surface area contributed by atoms with Crippen molar-refractivity contribution in [3.05, 3.63) is 29.8 Å². The van der Waals surface area contributed by atoms with Crippen LogP contribution in [-0.2, 0) is 5.41 Å². The molecule has 14 heavy (non-hydrogen) atoms. The van der Waals surface area contributed by atoms with Gasteiger partial charge in [0.1, 0.15) is 0 Å². The van der Waals surface area contributed by atoms with Crippen molar-refractivity contribution in [2.45, 2.75) is 26.2 Å². The van der Waals surface area contributed by atoms with Crippen molar-refractivity contribution in [3.63, 3.8) is 0 Å². The molecule has 0 saturated carbocycles. The number of hydrogen-bond donors (Lipinski definition) is 0. The van der Waals surface area contributed by atoms with Gasteiger partial charge >= 0.3 is 6.98 Å². The Morgan fingerprint density at radius 3 is 1.64 bits per heavy atom. The van der Waals surface area contributed by atoms with E-state index in [0.717, 1.165) is 17.7 Å². The Morgan fingerprint density at radius 1 is 0.929 bits per heavy atom. The van der Waals surface area contributed by atoms with E-state index in [2.05, 4.69) is 0 Å². The molecule has 78 valence electrons. The Kier molecular flexibility index (Phi) is 2.66. The SMILES string of the molecule is CC(C)(C)c1ccc([B-](F)(F)F)cc1. The molecule has 0 saturated heterocycles. The first-order chi connectivity index (χ1) is 6.21. The van der Waals surface area contributed by atoms with Crippen LogP contribution in [0, 0.1) is 0 Å². The van der Waals surface area contributed by atoms with E-state index >= 15 is 0 Å². The minimum absolute atomic E-state index is 0.100. The van der Waals surface area contributed by atoms with E-state index < -0.39 is 12.4 Å². The predicted molar refractivity (Wildman–Crippen MR) is 53.9 cm³/mol. The molecule has 0 fully saturated rings. The van der Waals surface area contributed by atoms with Gasteiger partial charge in [-0.2, -0.15) is 0 Å². The fourth-order valence-electron chi connectivity index (χ4n) is 1.20. The van der Waals surface area contributed by atoms with Crippen LogP contribution in [0.4, 0.5) is 12.9 Å². The lowest BCUT2D eigenvalue weighted by Gasteiger charge is -2.21. The van der Waals surface area contributed by atoms with Gasteiger partial charge in [-0.05, 0) is 11.0 Å². The standard InChI is InChI=1S/C10H13BF3/c1-10(2,3)8-4-6-9(7-5-8)11(12,13)14/h4-7H,1-3H3/q-1. The normalized spacial score (nSPS) is 13.0.